The van der Waals surface area contributed by atoms with E-state index in [0.717, 1.165) is 6.42 Å². The molecule has 3 aromatic rings. The van der Waals surface area contributed by atoms with Crippen molar-refractivity contribution in [1.29, 1.82) is 0 Å². The molecule has 2 heterocycles. The lowest BCUT2D eigenvalue weighted by molar-refractivity contribution is 0.0948. The highest BCUT2D eigenvalue weighted by Crippen LogP contribution is 2.17. The second-order valence-corrected chi connectivity index (χ2v) is 5.71. The summed E-state index contributed by atoms with van der Waals surface area (Å²) >= 11 is 0. The molecule has 0 atom stereocenters. The van der Waals surface area contributed by atoms with Crippen LogP contribution >= 0.6 is 0 Å². The maximum Gasteiger partial charge on any atom is 0.293 e. The van der Waals surface area contributed by atoms with Crippen LogP contribution in [-0.4, -0.2) is 42.0 Å². The van der Waals surface area contributed by atoms with E-state index in [9.17, 15) is 9.90 Å². The molecule has 0 unspecified atom stereocenters. The van der Waals surface area contributed by atoms with E-state index < -0.39 is 5.91 Å². The van der Waals surface area contributed by atoms with Crippen molar-refractivity contribution < 1.29 is 14.5 Å². The molecule has 3 rings (SSSR count). The minimum Gasteiger partial charge on any atom is -0.508 e. The molecule has 11 heteroatoms. The summed E-state index contributed by atoms with van der Waals surface area (Å²) in [5.41, 5.74) is 9.97. The van der Waals surface area contributed by atoms with E-state index in [1.165, 1.54) is 4.68 Å². The smallest absolute Gasteiger partial charge is 0.293 e. The summed E-state index contributed by atoms with van der Waals surface area (Å²) in [5, 5.41) is 28.7. The number of benzene rings is 1. The van der Waals surface area contributed by atoms with Crippen molar-refractivity contribution in [3.8, 4) is 11.6 Å². The van der Waals surface area contributed by atoms with E-state index in [1.54, 1.807) is 31.2 Å². The van der Waals surface area contributed by atoms with Gasteiger partial charge in [0.25, 0.3) is 5.91 Å². The maximum absolute atomic E-state index is 12.5. The van der Waals surface area contributed by atoms with Crippen molar-refractivity contribution >= 4 is 17.4 Å². The lowest BCUT2D eigenvalue weighted by atomic mass is 10.1. The Morgan fingerprint density at radius 2 is 2.22 bits per heavy atom. The number of amides is 1. The SMILES string of the molecule is CCCc1c(C(=O)N/N=C(/C)c2cccc(O)c2)nnn1-c1nonc1N. The first-order valence-corrected chi connectivity index (χ1v) is 8.18. The number of anilines is 1. The lowest BCUT2D eigenvalue weighted by Crippen LogP contribution is -2.21. The Bertz CT molecular complexity index is 991. The second kappa shape index (κ2) is 7.64. The van der Waals surface area contributed by atoms with Gasteiger partial charge in [0.2, 0.25) is 11.6 Å². The quantitative estimate of drug-likeness (QED) is 0.429. The fourth-order valence-electron chi connectivity index (χ4n) is 2.43. The first-order chi connectivity index (χ1) is 13.0. The topological polar surface area (TPSA) is 157 Å². The molecule has 0 saturated heterocycles. The Morgan fingerprint density at radius 3 is 2.89 bits per heavy atom. The molecule has 11 nitrogen and oxygen atoms in total. The molecular weight excluding hydrogens is 352 g/mol. The lowest BCUT2D eigenvalue weighted by Gasteiger charge is -2.05. The molecule has 140 valence electrons. The first kappa shape index (κ1) is 18.0. The number of aromatic hydroxyl groups is 1. The Morgan fingerprint density at radius 1 is 1.41 bits per heavy atom. The third kappa shape index (κ3) is 3.76. The van der Waals surface area contributed by atoms with Crippen LogP contribution < -0.4 is 11.2 Å². The van der Waals surface area contributed by atoms with Gasteiger partial charge in [-0.25, -0.2) is 10.1 Å². The highest BCUT2D eigenvalue weighted by atomic mass is 16.6. The number of nitrogen functional groups attached to an aromatic ring is 1. The largest absolute Gasteiger partial charge is 0.508 e. The Kier molecular flexibility index (Phi) is 5.11. The van der Waals surface area contributed by atoms with Crippen molar-refractivity contribution in [1.82, 2.24) is 30.7 Å². The van der Waals surface area contributed by atoms with Crippen LogP contribution in [0.15, 0.2) is 34.0 Å². The molecule has 0 spiro atoms. The number of rotatable bonds is 6. The zero-order chi connectivity index (χ0) is 19.4. The minimum absolute atomic E-state index is 0.0435. The zero-order valence-corrected chi connectivity index (χ0v) is 14.7. The van der Waals surface area contributed by atoms with Gasteiger partial charge in [0.15, 0.2) is 5.69 Å². The molecule has 0 radical (unpaired) electrons. The standard InChI is InChI=1S/C16H18N8O3/c1-3-5-12-13(19-23-24(12)15-14(17)21-27-22-15)16(26)20-18-9(2)10-6-4-7-11(25)8-10/h4,6-8,25H,3,5H2,1-2H3,(H2,17,21)(H,20,26)/b18-9-. The number of aromatic nitrogens is 5. The summed E-state index contributed by atoms with van der Waals surface area (Å²) in [5.74, 6) is -0.203. The zero-order valence-electron chi connectivity index (χ0n) is 14.7. The molecule has 0 saturated carbocycles. The van der Waals surface area contributed by atoms with Crippen LogP contribution in [-0.2, 0) is 6.42 Å². The number of nitrogens with one attached hydrogen (secondary N) is 1. The molecule has 0 bridgehead atoms. The van der Waals surface area contributed by atoms with Gasteiger partial charge in [-0.1, -0.05) is 30.7 Å². The highest BCUT2D eigenvalue weighted by molar-refractivity contribution is 6.00. The molecule has 1 amide bonds. The van der Waals surface area contributed by atoms with Crippen LogP contribution in [0.1, 0.15) is 42.0 Å². The summed E-state index contributed by atoms with van der Waals surface area (Å²) in [7, 11) is 0. The number of nitrogens with zero attached hydrogens (tertiary/aromatic N) is 6. The molecule has 0 aliphatic heterocycles. The first-order valence-electron chi connectivity index (χ1n) is 8.18. The van der Waals surface area contributed by atoms with Gasteiger partial charge in [-0.3, -0.25) is 4.79 Å². The Balaban J connectivity index is 1.85. The van der Waals surface area contributed by atoms with Crippen LogP contribution in [0.3, 0.4) is 0 Å². The van der Waals surface area contributed by atoms with E-state index in [-0.39, 0.29) is 23.1 Å². The van der Waals surface area contributed by atoms with E-state index in [0.29, 0.717) is 23.4 Å². The Hall–Kier alpha value is -3.76. The highest BCUT2D eigenvalue weighted by Gasteiger charge is 2.23. The van der Waals surface area contributed by atoms with Gasteiger partial charge in [-0.15, -0.1) is 5.10 Å². The number of carbonyl (C=O) groups is 1. The fourth-order valence-corrected chi connectivity index (χ4v) is 2.43. The number of nitrogens with two attached hydrogens (primary N) is 1. The predicted molar refractivity (Wildman–Crippen MR) is 95.4 cm³/mol. The Labute approximate surface area is 153 Å². The van der Waals surface area contributed by atoms with Crippen molar-refractivity contribution in [3.63, 3.8) is 0 Å². The number of hydrazone groups is 1. The third-order valence-electron chi connectivity index (χ3n) is 3.75. The number of hydrogen-bond acceptors (Lipinski definition) is 9. The summed E-state index contributed by atoms with van der Waals surface area (Å²) in [4.78, 5) is 12.5. The average molecular weight is 370 g/mol. The van der Waals surface area contributed by atoms with Gasteiger partial charge in [0.1, 0.15) is 5.75 Å². The molecule has 0 aliphatic rings. The van der Waals surface area contributed by atoms with Crippen LogP contribution in [0.2, 0.25) is 0 Å². The van der Waals surface area contributed by atoms with Gasteiger partial charge >= 0.3 is 0 Å². The monoisotopic (exact) mass is 370 g/mol. The van der Waals surface area contributed by atoms with Gasteiger partial charge in [0, 0.05) is 5.56 Å². The van der Waals surface area contributed by atoms with Gasteiger partial charge in [-0.2, -0.15) is 9.78 Å². The maximum atomic E-state index is 12.5. The van der Waals surface area contributed by atoms with Crippen molar-refractivity contribution in [2.45, 2.75) is 26.7 Å². The van der Waals surface area contributed by atoms with E-state index in [1.807, 2.05) is 6.92 Å². The molecule has 4 N–H and O–H groups in total. The van der Waals surface area contributed by atoms with Gasteiger partial charge < -0.3 is 10.8 Å². The molecule has 0 fully saturated rings. The van der Waals surface area contributed by atoms with E-state index >= 15 is 0 Å². The molecule has 2 aromatic heterocycles. The molecule has 27 heavy (non-hydrogen) atoms. The van der Waals surface area contributed by atoms with Crippen molar-refractivity contribution in [3.05, 3.63) is 41.2 Å². The summed E-state index contributed by atoms with van der Waals surface area (Å²) in [6, 6.07) is 6.55. The number of hydrogen-bond donors (Lipinski definition) is 3. The molecule has 0 aliphatic carbocycles. The molecular formula is C16H18N8O3. The minimum atomic E-state index is -0.528. The summed E-state index contributed by atoms with van der Waals surface area (Å²) in [6.45, 7) is 3.66. The number of phenols is 1. The second-order valence-electron chi connectivity index (χ2n) is 5.71. The van der Waals surface area contributed by atoms with E-state index in [4.69, 9.17) is 5.73 Å². The van der Waals surface area contributed by atoms with Gasteiger partial charge in [-0.05, 0) is 35.8 Å². The number of carbonyl (C=O) groups excluding carboxylic acids is 1. The average Bonchev–Trinajstić information content (AvgIpc) is 3.25. The third-order valence-corrected chi connectivity index (χ3v) is 3.75. The number of phenolic OH excluding ortho intramolecular Hbond substituents is 1. The van der Waals surface area contributed by atoms with Crippen LogP contribution in [0.4, 0.5) is 5.82 Å². The van der Waals surface area contributed by atoms with Gasteiger partial charge in [0.05, 0.1) is 11.4 Å². The summed E-state index contributed by atoms with van der Waals surface area (Å²) in [6.07, 6.45) is 1.25. The van der Waals surface area contributed by atoms with Crippen molar-refractivity contribution in [2.24, 2.45) is 5.10 Å². The predicted octanol–water partition coefficient (Wildman–Crippen LogP) is 1.04. The molecule has 1 aromatic carbocycles. The fraction of sp³-hybridized carbons (Fsp3) is 0.250. The van der Waals surface area contributed by atoms with E-state index in [2.05, 4.69) is 35.8 Å². The summed E-state index contributed by atoms with van der Waals surface area (Å²) < 4.78 is 5.91. The normalized spacial score (nSPS) is 11.6. The van der Waals surface area contributed by atoms with Crippen molar-refractivity contribution in [2.75, 3.05) is 5.73 Å². The van der Waals surface area contributed by atoms with Crippen LogP contribution in [0.5, 0.6) is 5.75 Å². The van der Waals surface area contributed by atoms with Crippen LogP contribution in [0, 0.1) is 0 Å². The van der Waals surface area contributed by atoms with Crippen LogP contribution in [0.25, 0.3) is 5.82 Å².